The van der Waals surface area contributed by atoms with Crippen LogP contribution in [0.5, 0.6) is 0 Å². The molecule has 1 fully saturated rings. The Hall–Kier alpha value is -4.45. The second-order valence-corrected chi connectivity index (χ2v) is 9.95. The van der Waals surface area contributed by atoms with E-state index in [-0.39, 0.29) is 11.9 Å². The smallest absolute Gasteiger partial charge is 0.330 e. The van der Waals surface area contributed by atoms with Crippen molar-refractivity contribution >= 4 is 17.4 Å². The monoisotopic (exact) mass is 532 g/mol. The zero-order chi connectivity index (χ0) is 27.6. The molecule has 1 aromatic heterocycles. The summed E-state index contributed by atoms with van der Waals surface area (Å²) in [5.41, 5.74) is 5.15. The predicted molar refractivity (Wildman–Crippen MR) is 161 cm³/mol. The molecule has 1 atom stereocenters. The molecule has 6 heteroatoms. The first-order chi connectivity index (χ1) is 19.7. The summed E-state index contributed by atoms with van der Waals surface area (Å²) < 4.78 is 5.46. The lowest BCUT2D eigenvalue weighted by atomic mass is 9.93. The first-order valence-electron chi connectivity index (χ1n) is 14.0. The fourth-order valence-electron chi connectivity index (χ4n) is 5.07. The number of aliphatic imine (C=N–C) groups is 1. The highest BCUT2D eigenvalue weighted by molar-refractivity contribution is 6.13. The zero-order valence-electron chi connectivity index (χ0n) is 23.0. The zero-order valence-corrected chi connectivity index (χ0v) is 23.0. The van der Waals surface area contributed by atoms with Gasteiger partial charge in [0.25, 0.3) is 0 Å². The highest BCUT2D eigenvalue weighted by Crippen LogP contribution is 2.23. The largest absolute Gasteiger partial charge is 0.464 e. The summed E-state index contributed by atoms with van der Waals surface area (Å²) in [5, 5.41) is 0. The number of carbonyl (C=O) groups is 1. The van der Waals surface area contributed by atoms with Gasteiger partial charge in [-0.15, -0.1) is 0 Å². The van der Waals surface area contributed by atoms with Crippen LogP contribution in [0.3, 0.4) is 0 Å². The van der Waals surface area contributed by atoms with Crippen molar-refractivity contribution in [2.24, 2.45) is 10.9 Å². The third kappa shape index (κ3) is 7.14. The van der Waals surface area contributed by atoms with Crippen LogP contribution in [0.2, 0.25) is 0 Å². The molecular formula is C34H36N4O2. The van der Waals surface area contributed by atoms with Crippen LogP contribution in [0.1, 0.15) is 24.5 Å². The normalized spacial score (nSPS) is 17.3. The summed E-state index contributed by atoms with van der Waals surface area (Å²) in [6.45, 7) is 6.07. The molecule has 0 radical (unpaired) electrons. The molecule has 2 aromatic carbocycles. The first kappa shape index (κ1) is 27.1. The van der Waals surface area contributed by atoms with Gasteiger partial charge in [0.1, 0.15) is 6.04 Å². The van der Waals surface area contributed by atoms with E-state index >= 15 is 0 Å². The minimum atomic E-state index is -0.610. The SMILES string of the molecule is CCOC(=O)C(CC1C=CC(=CN2CCN(c3ccncc3)CC2)C=C1)N=C(c1ccccc1)c1ccccc1. The molecule has 0 saturated carbocycles. The minimum Gasteiger partial charge on any atom is -0.464 e. The molecular weight excluding hydrogens is 496 g/mol. The van der Waals surface area contributed by atoms with E-state index < -0.39 is 6.04 Å². The van der Waals surface area contributed by atoms with Crippen molar-refractivity contribution < 1.29 is 9.53 Å². The molecule has 1 unspecified atom stereocenters. The van der Waals surface area contributed by atoms with Crippen LogP contribution in [-0.4, -0.2) is 60.4 Å². The van der Waals surface area contributed by atoms with Crippen LogP contribution in [-0.2, 0) is 9.53 Å². The Morgan fingerprint density at radius 3 is 2.10 bits per heavy atom. The van der Waals surface area contributed by atoms with E-state index in [1.54, 1.807) is 0 Å². The number of aromatic nitrogens is 1. The van der Waals surface area contributed by atoms with Gasteiger partial charge >= 0.3 is 5.97 Å². The summed E-state index contributed by atoms with van der Waals surface area (Å²) in [4.78, 5) is 27.0. The highest BCUT2D eigenvalue weighted by Gasteiger charge is 2.24. The van der Waals surface area contributed by atoms with Crippen molar-refractivity contribution in [1.82, 2.24) is 9.88 Å². The van der Waals surface area contributed by atoms with Crippen molar-refractivity contribution in [3.05, 3.63) is 132 Å². The van der Waals surface area contributed by atoms with E-state index in [9.17, 15) is 4.79 Å². The molecule has 5 rings (SSSR count). The lowest BCUT2D eigenvalue weighted by molar-refractivity contribution is -0.144. The van der Waals surface area contributed by atoms with E-state index in [0.717, 1.165) is 43.0 Å². The van der Waals surface area contributed by atoms with Gasteiger partial charge in [-0.25, -0.2) is 4.79 Å². The summed E-state index contributed by atoms with van der Waals surface area (Å²) >= 11 is 0. The lowest BCUT2D eigenvalue weighted by Crippen LogP contribution is -2.44. The van der Waals surface area contributed by atoms with Gasteiger partial charge in [-0.05, 0) is 37.0 Å². The van der Waals surface area contributed by atoms with Gasteiger partial charge in [-0.1, -0.05) is 85.0 Å². The number of allylic oxidation sites excluding steroid dienone is 5. The van der Waals surface area contributed by atoms with Gasteiger partial charge in [-0.3, -0.25) is 9.98 Å². The van der Waals surface area contributed by atoms with Crippen LogP contribution in [0, 0.1) is 5.92 Å². The van der Waals surface area contributed by atoms with Crippen LogP contribution >= 0.6 is 0 Å². The summed E-state index contributed by atoms with van der Waals surface area (Å²) in [6.07, 6.45) is 15.1. The van der Waals surface area contributed by atoms with Crippen LogP contribution in [0.25, 0.3) is 0 Å². The predicted octanol–water partition coefficient (Wildman–Crippen LogP) is 5.69. The standard InChI is InChI=1S/C34H36N4O2/c1-2-40-34(39)32(36-33(29-9-5-3-6-10-29)30-11-7-4-8-12-30)25-27-13-15-28(16-14-27)26-37-21-23-38(24-22-37)31-17-19-35-20-18-31/h3-20,26-27,32H,2,21-25H2,1H3. The Morgan fingerprint density at radius 2 is 1.52 bits per heavy atom. The van der Waals surface area contributed by atoms with Gasteiger partial charge in [0, 0.05) is 61.6 Å². The second-order valence-electron chi connectivity index (χ2n) is 9.95. The van der Waals surface area contributed by atoms with Gasteiger partial charge in [0.15, 0.2) is 0 Å². The average Bonchev–Trinajstić information content (AvgIpc) is 3.02. The van der Waals surface area contributed by atoms with Crippen LogP contribution in [0.4, 0.5) is 5.69 Å². The van der Waals surface area contributed by atoms with Crippen molar-refractivity contribution in [2.45, 2.75) is 19.4 Å². The van der Waals surface area contributed by atoms with Crippen LogP contribution in [0.15, 0.2) is 126 Å². The maximum absolute atomic E-state index is 13.1. The molecule has 0 amide bonds. The Balaban J connectivity index is 1.27. The third-order valence-electron chi connectivity index (χ3n) is 7.18. The molecule has 0 bridgehead atoms. The molecule has 3 aromatic rings. The Bertz CT molecular complexity index is 1300. The molecule has 0 spiro atoms. The average molecular weight is 533 g/mol. The summed E-state index contributed by atoms with van der Waals surface area (Å²) in [7, 11) is 0. The van der Waals surface area contributed by atoms with Gasteiger partial charge < -0.3 is 14.5 Å². The quantitative estimate of drug-likeness (QED) is 0.262. The van der Waals surface area contributed by atoms with Gasteiger partial charge in [0.2, 0.25) is 0 Å². The topological polar surface area (TPSA) is 58.0 Å². The molecule has 40 heavy (non-hydrogen) atoms. The molecule has 204 valence electrons. The van der Waals surface area contributed by atoms with E-state index in [0.29, 0.717) is 13.0 Å². The fraction of sp³-hybridized carbons (Fsp3) is 0.265. The van der Waals surface area contributed by atoms with E-state index in [1.165, 1.54) is 11.3 Å². The molecule has 2 aliphatic rings. The maximum atomic E-state index is 13.1. The first-order valence-corrected chi connectivity index (χ1v) is 14.0. The van der Waals surface area contributed by atoms with E-state index in [2.05, 4.69) is 57.4 Å². The van der Waals surface area contributed by atoms with E-state index in [4.69, 9.17) is 9.73 Å². The second kappa shape index (κ2) is 13.6. The Kier molecular flexibility index (Phi) is 9.20. The molecule has 2 heterocycles. The molecule has 1 aliphatic carbocycles. The number of anilines is 1. The highest BCUT2D eigenvalue weighted by atomic mass is 16.5. The number of hydrogen-bond acceptors (Lipinski definition) is 6. The fourth-order valence-corrected chi connectivity index (χ4v) is 5.07. The van der Waals surface area contributed by atoms with Gasteiger partial charge in [0.05, 0.1) is 12.3 Å². The van der Waals surface area contributed by atoms with Crippen molar-refractivity contribution in [2.75, 3.05) is 37.7 Å². The number of hydrogen-bond donors (Lipinski definition) is 0. The number of esters is 1. The Labute approximate surface area is 237 Å². The number of nitrogens with zero attached hydrogens (tertiary/aromatic N) is 4. The number of carbonyl (C=O) groups excluding carboxylic acids is 1. The number of ether oxygens (including phenoxy) is 1. The third-order valence-corrected chi connectivity index (χ3v) is 7.18. The number of rotatable bonds is 9. The molecule has 6 nitrogen and oxygen atoms in total. The van der Waals surface area contributed by atoms with Crippen molar-refractivity contribution in [1.29, 1.82) is 0 Å². The van der Waals surface area contributed by atoms with Crippen molar-refractivity contribution in [3.63, 3.8) is 0 Å². The molecule has 1 saturated heterocycles. The van der Waals surface area contributed by atoms with Crippen molar-refractivity contribution in [3.8, 4) is 0 Å². The molecule has 1 aliphatic heterocycles. The number of pyridine rings is 1. The van der Waals surface area contributed by atoms with E-state index in [1.807, 2.05) is 80.0 Å². The number of benzene rings is 2. The summed E-state index contributed by atoms with van der Waals surface area (Å²) in [6, 6.07) is 23.6. The van der Waals surface area contributed by atoms with Crippen LogP contribution < -0.4 is 4.90 Å². The maximum Gasteiger partial charge on any atom is 0.330 e. The minimum absolute atomic E-state index is 0.0895. The molecule has 0 N–H and O–H groups in total. The lowest BCUT2D eigenvalue weighted by Gasteiger charge is -2.35. The van der Waals surface area contributed by atoms with Gasteiger partial charge in [-0.2, -0.15) is 0 Å². The Morgan fingerprint density at radius 1 is 0.925 bits per heavy atom. The number of piperazine rings is 1. The summed E-state index contributed by atoms with van der Waals surface area (Å²) in [5.74, 6) is -0.200.